The number of alkyl halides is 3. The molecule has 0 saturated carbocycles. The normalized spacial score (nSPS) is 11.8. The van der Waals surface area contributed by atoms with Gasteiger partial charge in [-0.2, -0.15) is 13.2 Å². The van der Waals surface area contributed by atoms with Crippen molar-refractivity contribution in [1.29, 1.82) is 0 Å². The number of rotatable bonds is 7. The van der Waals surface area contributed by atoms with Crippen molar-refractivity contribution in [2.45, 2.75) is 23.9 Å². The quantitative estimate of drug-likeness (QED) is 0.532. The summed E-state index contributed by atoms with van der Waals surface area (Å²) in [7, 11) is -4.17. The third kappa shape index (κ3) is 5.85. The second-order valence-corrected chi connectivity index (χ2v) is 8.51. The maximum Gasteiger partial charge on any atom is 0.416 e. The molecule has 3 aromatic rings. The van der Waals surface area contributed by atoms with Gasteiger partial charge in [-0.05, 0) is 66.4 Å². The van der Waals surface area contributed by atoms with E-state index < -0.39 is 32.6 Å². The molecular weight excluding hydrogens is 431 g/mol. The molecule has 3 rings (SSSR count). The van der Waals surface area contributed by atoms with Gasteiger partial charge < -0.3 is 5.11 Å². The zero-order chi connectivity index (χ0) is 22.6. The fourth-order valence-corrected chi connectivity index (χ4v) is 4.00. The Morgan fingerprint density at radius 2 is 1.42 bits per heavy atom. The van der Waals surface area contributed by atoms with Crippen molar-refractivity contribution in [2.24, 2.45) is 0 Å². The van der Waals surface area contributed by atoms with Crippen LogP contribution in [0.15, 0.2) is 77.7 Å². The van der Waals surface area contributed by atoms with Gasteiger partial charge in [-0.15, -0.1) is 0 Å². The lowest BCUT2D eigenvalue weighted by Crippen LogP contribution is -2.14. The minimum Gasteiger partial charge on any atom is -0.478 e. The number of halogens is 3. The smallest absolute Gasteiger partial charge is 0.416 e. The first-order valence-corrected chi connectivity index (χ1v) is 10.6. The second-order valence-electron chi connectivity index (χ2n) is 6.83. The van der Waals surface area contributed by atoms with Crippen LogP contribution in [-0.2, 0) is 29.0 Å². The fraction of sp³-hybridized carbons (Fsp3) is 0.136. The lowest BCUT2D eigenvalue weighted by Gasteiger charge is -2.11. The molecule has 2 N–H and O–H groups in total. The Labute approximate surface area is 177 Å². The van der Waals surface area contributed by atoms with E-state index in [1.807, 2.05) is 0 Å². The van der Waals surface area contributed by atoms with E-state index in [0.717, 1.165) is 29.3 Å². The van der Waals surface area contributed by atoms with E-state index in [9.17, 15) is 26.4 Å². The zero-order valence-electron chi connectivity index (χ0n) is 16.1. The molecule has 0 aliphatic carbocycles. The third-order valence-corrected chi connectivity index (χ3v) is 5.96. The van der Waals surface area contributed by atoms with Crippen LogP contribution in [0.3, 0.4) is 0 Å². The number of aryl methyl sites for hydroxylation is 2. The number of carbonyl (C=O) groups is 1. The summed E-state index contributed by atoms with van der Waals surface area (Å²) in [6, 6.07) is 16.6. The van der Waals surface area contributed by atoms with Crippen LogP contribution in [0.4, 0.5) is 18.9 Å². The molecule has 3 aromatic carbocycles. The molecule has 31 heavy (non-hydrogen) atoms. The number of sulfonamides is 1. The molecular formula is C22H18F3NO4S. The van der Waals surface area contributed by atoms with Crippen LogP contribution in [0.2, 0.25) is 0 Å². The monoisotopic (exact) mass is 449 g/mol. The molecule has 0 aliphatic rings. The molecule has 0 fully saturated rings. The summed E-state index contributed by atoms with van der Waals surface area (Å²) >= 11 is 0. The molecule has 0 bridgehead atoms. The van der Waals surface area contributed by atoms with Crippen molar-refractivity contribution >= 4 is 21.7 Å². The Balaban J connectivity index is 1.65. The number of aromatic carboxylic acids is 1. The van der Waals surface area contributed by atoms with Gasteiger partial charge in [-0.25, -0.2) is 13.2 Å². The van der Waals surface area contributed by atoms with E-state index >= 15 is 0 Å². The van der Waals surface area contributed by atoms with Crippen LogP contribution in [0.25, 0.3) is 0 Å². The third-order valence-electron chi connectivity index (χ3n) is 4.58. The van der Waals surface area contributed by atoms with Crippen LogP contribution < -0.4 is 4.72 Å². The molecule has 0 radical (unpaired) electrons. The second kappa shape index (κ2) is 8.81. The van der Waals surface area contributed by atoms with Gasteiger partial charge in [-0.1, -0.05) is 30.3 Å². The highest BCUT2D eigenvalue weighted by Gasteiger charge is 2.31. The highest BCUT2D eigenvalue weighted by atomic mass is 32.2. The zero-order valence-corrected chi connectivity index (χ0v) is 16.9. The van der Waals surface area contributed by atoms with Crippen molar-refractivity contribution in [3.63, 3.8) is 0 Å². The summed E-state index contributed by atoms with van der Waals surface area (Å²) in [5, 5.41) is 8.91. The van der Waals surface area contributed by atoms with E-state index in [1.54, 1.807) is 24.3 Å². The minimum absolute atomic E-state index is 0.209. The molecule has 0 aromatic heterocycles. The molecule has 0 spiro atoms. The number of anilines is 1. The summed E-state index contributed by atoms with van der Waals surface area (Å²) in [6.07, 6.45) is -3.33. The molecule has 0 unspecified atom stereocenters. The Kier molecular flexibility index (Phi) is 6.35. The van der Waals surface area contributed by atoms with Crippen LogP contribution in [0.5, 0.6) is 0 Å². The van der Waals surface area contributed by atoms with Gasteiger partial charge in [0, 0.05) is 5.69 Å². The van der Waals surface area contributed by atoms with E-state index in [4.69, 9.17) is 5.11 Å². The molecule has 0 amide bonds. The summed E-state index contributed by atoms with van der Waals surface area (Å²) in [4.78, 5) is 10.4. The standard InChI is InChI=1S/C22H18F3NO4S/c23-22(24,25)18-2-1-3-20(14-18)31(29,30)26-19-12-8-16(9-13-19)5-4-15-6-10-17(11-7-15)21(27)28/h1-3,6-14,26H,4-5H2,(H,27,28). The maximum absolute atomic E-state index is 12.8. The number of carboxylic acid groups (broad SMARTS) is 1. The number of nitrogens with one attached hydrogen (secondary N) is 1. The Hall–Kier alpha value is -3.33. The number of carboxylic acids is 1. The largest absolute Gasteiger partial charge is 0.478 e. The van der Waals surface area contributed by atoms with Gasteiger partial charge in [0.15, 0.2) is 0 Å². The van der Waals surface area contributed by atoms with Crippen molar-refractivity contribution in [3.8, 4) is 0 Å². The van der Waals surface area contributed by atoms with Crippen molar-refractivity contribution < 1.29 is 31.5 Å². The molecule has 9 heteroatoms. The van der Waals surface area contributed by atoms with E-state index in [0.29, 0.717) is 18.9 Å². The lowest BCUT2D eigenvalue weighted by atomic mass is 10.0. The molecule has 5 nitrogen and oxygen atoms in total. The van der Waals surface area contributed by atoms with Crippen LogP contribution in [0.1, 0.15) is 27.0 Å². The molecule has 0 aliphatic heterocycles. The van der Waals surface area contributed by atoms with Crippen LogP contribution in [-0.4, -0.2) is 19.5 Å². The Bertz CT molecular complexity index is 1170. The average Bonchev–Trinajstić information content (AvgIpc) is 2.73. The Morgan fingerprint density at radius 1 is 0.871 bits per heavy atom. The van der Waals surface area contributed by atoms with Crippen molar-refractivity contribution in [2.75, 3.05) is 4.72 Å². The van der Waals surface area contributed by atoms with Crippen LogP contribution in [0, 0.1) is 0 Å². The van der Waals surface area contributed by atoms with Gasteiger partial charge in [0.1, 0.15) is 0 Å². The Morgan fingerprint density at radius 3 is 1.94 bits per heavy atom. The first kappa shape index (κ1) is 22.4. The van der Waals surface area contributed by atoms with Crippen molar-refractivity contribution in [1.82, 2.24) is 0 Å². The van der Waals surface area contributed by atoms with Gasteiger partial charge in [0.05, 0.1) is 16.0 Å². The predicted molar refractivity (Wildman–Crippen MR) is 110 cm³/mol. The molecule has 0 saturated heterocycles. The summed E-state index contributed by atoms with van der Waals surface area (Å²) in [6.45, 7) is 0. The maximum atomic E-state index is 12.8. The van der Waals surface area contributed by atoms with Gasteiger partial charge >= 0.3 is 12.1 Å². The highest BCUT2D eigenvalue weighted by molar-refractivity contribution is 7.92. The van der Waals surface area contributed by atoms with Gasteiger partial charge in [0.25, 0.3) is 10.0 Å². The SMILES string of the molecule is O=C(O)c1ccc(CCc2ccc(NS(=O)(=O)c3cccc(C(F)(F)F)c3)cc2)cc1. The summed E-state index contributed by atoms with van der Waals surface area (Å²) in [5.41, 5.74) is 1.28. The number of hydrogen-bond acceptors (Lipinski definition) is 3. The summed E-state index contributed by atoms with van der Waals surface area (Å²) in [5.74, 6) is -0.991. The van der Waals surface area contributed by atoms with E-state index in [1.165, 1.54) is 24.3 Å². The van der Waals surface area contributed by atoms with E-state index in [-0.39, 0.29) is 11.3 Å². The van der Waals surface area contributed by atoms with Crippen LogP contribution >= 0.6 is 0 Å². The first-order chi connectivity index (χ1) is 14.5. The number of benzene rings is 3. The van der Waals surface area contributed by atoms with Gasteiger partial charge in [0.2, 0.25) is 0 Å². The molecule has 162 valence electrons. The highest BCUT2D eigenvalue weighted by Crippen LogP contribution is 2.31. The first-order valence-electron chi connectivity index (χ1n) is 9.16. The molecule has 0 heterocycles. The molecule has 0 atom stereocenters. The average molecular weight is 449 g/mol. The van der Waals surface area contributed by atoms with E-state index in [2.05, 4.69) is 4.72 Å². The lowest BCUT2D eigenvalue weighted by molar-refractivity contribution is -0.137. The summed E-state index contributed by atoms with van der Waals surface area (Å²) < 4.78 is 65.7. The fourth-order valence-electron chi connectivity index (χ4n) is 2.90. The predicted octanol–water partition coefficient (Wildman–Crippen LogP) is 4.99. The topological polar surface area (TPSA) is 83.5 Å². The van der Waals surface area contributed by atoms with Crippen molar-refractivity contribution in [3.05, 3.63) is 95.1 Å². The minimum atomic E-state index is -4.64. The van der Waals surface area contributed by atoms with Gasteiger partial charge in [-0.3, -0.25) is 4.72 Å². The number of hydrogen-bond donors (Lipinski definition) is 2.